The fourth-order valence-corrected chi connectivity index (χ4v) is 3.18. The van der Waals surface area contributed by atoms with Crippen molar-refractivity contribution in [1.29, 1.82) is 0 Å². The Balaban J connectivity index is 1.40. The minimum absolute atomic E-state index is 0.150. The summed E-state index contributed by atoms with van der Waals surface area (Å²) in [5.74, 6) is 0.563. The predicted octanol–water partition coefficient (Wildman–Crippen LogP) is 3.79. The number of nitrogens with zero attached hydrogens (tertiary/aromatic N) is 3. The van der Waals surface area contributed by atoms with Crippen LogP contribution in [-0.4, -0.2) is 21.0 Å². The van der Waals surface area contributed by atoms with Crippen LogP contribution in [-0.2, 0) is 6.54 Å². The van der Waals surface area contributed by atoms with E-state index in [0.29, 0.717) is 17.4 Å². The largest absolute Gasteiger partial charge is 0.342 e. The van der Waals surface area contributed by atoms with Crippen LogP contribution < -0.4 is 5.32 Å². The van der Waals surface area contributed by atoms with E-state index >= 15 is 0 Å². The number of carbonyl (C=O) groups excluding carboxylic acids is 1. The monoisotopic (exact) mass is 362 g/mol. The van der Waals surface area contributed by atoms with Crippen LogP contribution >= 0.6 is 11.3 Å². The summed E-state index contributed by atoms with van der Waals surface area (Å²) in [6.07, 6.45) is 0. The molecule has 4 aromatic rings. The van der Waals surface area contributed by atoms with Crippen LogP contribution in [0.2, 0.25) is 0 Å². The molecule has 0 spiro atoms. The molecule has 26 heavy (non-hydrogen) atoms. The van der Waals surface area contributed by atoms with E-state index in [1.165, 1.54) is 11.3 Å². The normalized spacial score (nSPS) is 10.6. The average molecular weight is 362 g/mol. The van der Waals surface area contributed by atoms with Crippen molar-refractivity contribution in [1.82, 2.24) is 20.4 Å². The molecule has 0 aliphatic heterocycles. The molecule has 1 amide bonds. The second-order valence-corrected chi connectivity index (χ2v) is 6.32. The molecule has 0 bridgehead atoms. The minimum atomic E-state index is -0.275. The number of rotatable bonds is 5. The molecule has 2 aromatic heterocycles. The fraction of sp³-hybridized carbons (Fsp3) is 0.0526. The van der Waals surface area contributed by atoms with Crippen molar-refractivity contribution < 1.29 is 9.32 Å². The first-order valence-electron chi connectivity index (χ1n) is 7.97. The lowest BCUT2D eigenvalue weighted by molar-refractivity contribution is 0.0942. The smallest absolute Gasteiger partial charge is 0.271 e. The van der Waals surface area contributed by atoms with Crippen molar-refractivity contribution >= 4 is 17.2 Å². The molecule has 0 aliphatic carbocycles. The summed E-state index contributed by atoms with van der Waals surface area (Å²) >= 11 is 1.43. The predicted molar refractivity (Wildman–Crippen MR) is 98.5 cm³/mol. The molecule has 4 rings (SSSR count). The summed E-state index contributed by atoms with van der Waals surface area (Å²) in [7, 11) is 0. The van der Waals surface area contributed by atoms with E-state index in [2.05, 4.69) is 20.4 Å². The third-order valence-electron chi connectivity index (χ3n) is 3.66. The number of hydrogen-bond acceptors (Lipinski definition) is 6. The van der Waals surface area contributed by atoms with Crippen molar-refractivity contribution in [2.45, 2.75) is 6.54 Å². The Kier molecular flexibility index (Phi) is 4.53. The highest BCUT2D eigenvalue weighted by Crippen LogP contribution is 2.23. The first-order chi connectivity index (χ1) is 12.8. The van der Waals surface area contributed by atoms with Crippen molar-refractivity contribution in [2.24, 2.45) is 0 Å². The van der Waals surface area contributed by atoms with Gasteiger partial charge in [0.05, 0.1) is 6.54 Å². The lowest BCUT2D eigenvalue weighted by Crippen LogP contribution is -2.23. The zero-order chi connectivity index (χ0) is 17.8. The van der Waals surface area contributed by atoms with Gasteiger partial charge < -0.3 is 9.84 Å². The summed E-state index contributed by atoms with van der Waals surface area (Å²) in [5, 5.41) is 9.23. The lowest BCUT2D eigenvalue weighted by atomic mass is 10.2. The van der Waals surface area contributed by atoms with Gasteiger partial charge in [-0.1, -0.05) is 65.8 Å². The van der Waals surface area contributed by atoms with Gasteiger partial charge in [0.25, 0.3) is 5.91 Å². The number of nitrogens with one attached hydrogen (secondary N) is 1. The van der Waals surface area contributed by atoms with Crippen LogP contribution in [0.3, 0.4) is 0 Å². The molecule has 2 heterocycles. The summed E-state index contributed by atoms with van der Waals surface area (Å²) in [5.41, 5.74) is 2.22. The first kappa shape index (κ1) is 16.2. The fourth-order valence-electron chi connectivity index (χ4n) is 2.37. The van der Waals surface area contributed by atoms with Crippen LogP contribution in [0, 0.1) is 0 Å². The third kappa shape index (κ3) is 3.52. The summed E-state index contributed by atoms with van der Waals surface area (Å²) in [6, 6.07) is 19.3. The maximum Gasteiger partial charge on any atom is 0.271 e. The standard InChI is InChI=1S/C19H14N4O2S/c24-18(15-12-26-19(21-15)14-9-5-2-6-10-14)20-11-16-22-17(23-25-16)13-7-3-1-4-8-13/h1-10,12H,11H2,(H,20,24). The zero-order valence-corrected chi connectivity index (χ0v) is 14.4. The van der Waals surface area contributed by atoms with Gasteiger partial charge in [-0.05, 0) is 0 Å². The molecule has 0 fully saturated rings. The van der Waals surface area contributed by atoms with Crippen molar-refractivity contribution in [3.8, 4) is 22.0 Å². The molecule has 0 aliphatic rings. The van der Waals surface area contributed by atoms with Gasteiger partial charge in [0.1, 0.15) is 10.7 Å². The van der Waals surface area contributed by atoms with Gasteiger partial charge in [-0.15, -0.1) is 11.3 Å². The van der Waals surface area contributed by atoms with E-state index in [1.807, 2.05) is 60.7 Å². The molecule has 6 nitrogen and oxygen atoms in total. The van der Waals surface area contributed by atoms with Gasteiger partial charge in [0.2, 0.25) is 11.7 Å². The molecule has 1 N–H and O–H groups in total. The Hall–Kier alpha value is -3.32. The number of carbonyl (C=O) groups is 1. The van der Waals surface area contributed by atoms with Gasteiger partial charge in [-0.3, -0.25) is 4.79 Å². The van der Waals surface area contributed by atoms with Crippen molar-refractivity contribution in [3.63, 3.8) is 0 Å². The Morgan fingerprint density at radius 1 is 0.962 bits per heavy atom. The second-order valence-electron chi connectivity index (χ2n) is 5.46. The Bertz CT molecular complexity index is 1010. The van der Waals surface area contributed by atoms with Crippen molar-refractivity contribution in [3.05, 3.63) is 77.6 Å². The molecule has 0 saturated carbocycles. The van der Waals surface area contributed by atoms with E-state index in [-0.39, 0.29) is 12.5 Å². The van der Waals surface area contributed by atoms with E-state index in [9.17, 15) is 4.79 Å². The van der Waals surface area contributed by atoms with Crippen molar-refractivity contribution in [2.75, 3.05) is 0 Å². The van der Waals surface area contributed by atoms with E-state index in [1.54, 1.807) is 5.38 Å². The highest BCUT2D eigenvalue weighted by atomic mass is 32.1. The molecular weight excluding hydrogens is 348 g/mol. The van der Waals surface area contributed by atoms with E-state index in [4.69, 9.17) is 4.52 Å². The quantitative estimate of drug-likeness (QED) is 0.584. The summed E-state index contributed by atoms with van der Waals surface area (Å²) in [4.78, 5) is 21.0. The molecule has 7 heteroatoms. The number of aromatic nitrogens is 3. The molecule has 128 valence electrons. The van der Waals surface area contributed by atoms with Crippen LogP contribution in [0.1, 0.15) is 16.4 Å². The number of benzene rings is 2. The van der Waals surface area contributed by atoms with Gasteiger partial charge in [-0.25, -0.2) is 4.98 Å². The Morgan fingerprint density at radius 2 is 1.65 bits per heavy atom. The minimum Gasteiger partial charge on any atom is -0.342 e. The van der Waals surface area contributed by atoms with Crippen LogP contribution in [0.25, 0.3) is 22.0 Å². The van der Waals surface area contributed by atoms with Crippen LogP contribution in [0.4, 0.5) is 0 Å². The van der Waals surface area contributed by atoms with Gasteiger partial charge >= 0.3 is 0 Å². The second kappa shape index (κ2) is 7.28. The maximum absolute atomic E-state index is 12.3. The number of hydrogen-bond donors (Lipinski definition) is 1. The highest BCUT2D eigenvalue weighted by molar-refractivity contribution is 7.13. The highest BCUT2D eigenvalue weighted by Gasteiger charge is 2.14. The SMILES string of the molecule is O=C(NCc1nc(-c2ccccc2)no1)c1csc(-c2ccccc2)n1. The van der Waals surface area contributed by atoms with Gasteiger partial charge in [0.15, 0.2) is 0 Å². The Morgan fingerprint density at radius 3 is 2.38 bits per heavy atom. The molecule has 0 radical (unpaired) electrons. The molecule has 0 unspecified atom stereocenters. The third-order valence-corrected chi connectivity index (χ3v) is 4.55. The maximum atomic E-state index is 12.3. The number of amides is 1. The average Bonchev–Trinajstić information content (AvgIpc) is 3.37. The summed E-state index contributed by atoms with van der Waals surface area (Å²) in [6.45, 7) is 0.150. The lowest BCUT2D eigenvalue weighted by Gasteiger charge is -1.98. The molecule has 0 atom stereocenters. The van der Waals surface area contributed by atoms with Crippen LogP contribution in [0.15, 0.2) is 70.6 Å². The Labute approximate surface area is 153 Å². The van der Waals surface area contributed by atoms with Gasteiger partial charge in [-0.2, -0.15) is 4.98 Å². The molecule has 2 aromatic carbocycles. The van der Waals surface area contributed by atoms with E-state index < -0.39 is 0 Å². The molecular formula is C19H14N4O2S. The zero-order valence-electron chi connectivity index (χ0n) is 13.6. The topological polar surface area (TPSA) is 80.9 Å². The van der Waals surface area contributed by atoms with Gasteiger partial charge in [0, 0.05) is 16.5 Å². The van der Waals surface area contributed by atoms with E-state index in [0.717, 1.165) is 16.1 Å². The van der Waals surface area contributed by atoms with Crippen LogP contribution in [0.5, 0.6) is 0 Å². The first-order valence-corrected chi connectivity index (χ1v) is 8.85. The summed E-state index contributed by atoms with van der Waals surface area (Å²) < 4.78 is 5.19. The number of thiazole rings is 1. The molecule has 0 saturated heterocycles.